The van der Waals surface area contributed by atoms with Crippen molar-refractivity contribution in [1.29, 1.82) is 0 Å². The van der Waals surface area contributed by atoms with Crippen molar-refractivity contribution in [2.24, 2.45) is 0 Å². The Kier molecular flexibility index (Phi) is 3.71. The molecule has 0 saturated carbocycles. The van der Waals surface area contributed by atoms with Crippen LogP contribution in [0.2, 0.25) is 0 Å². The Morgan fingerprint density at radius 2 is 1.88 bits per heavy atom. The molecule has 2 aliphatic rings. The maximum atomic E-state index is 12.7. The molecule has 2 saturated heterocycles. The zero-order valence-corrected chi connectivity index (χ0v) is 14.0. The van der Waals surface area contributed by atoms with Gasteiger partial charge in [-0.1, -0.05) is 18.2 Å². The predicted octanol–water partition coefficient (Wildman–Crippen LogP) is 1.93. The monoisotopic (exact) mass is 341 g/mol. The van der Waals surface area contributed by atoms with Crippen LogP contribution >= 0.6 is 0 Å². The maximum absolute atomic E-state index is 12.7. The van der Waals surface area contributed by atoms with Crippen molar-refractivity contribution < 1.29 is 18.8 Å². The highest BCUT2D eigenvalue weighted by Crippen LogP contribution is 2.24. The number of furan rings is 1. The number of rotatable bonds is 2. The predicted molar refractivity (Wildman–Crippen MR) is 90.0 cm³/mol. The molecule has 25 heavy (non-hydrogen) atoms. The second-order valence-electron chi connectivity index (χ2n) is 6.54. The van der Waals surface area contributed by atoms with Crippen LogP contribution in [0.25, 0.3) is 11.0 Å². The summed E-state index contributed by atoms with van der Waals surface area (Å²) in [4.78, 5) is 40.9. The fourth-order valence-corrected chi connectivity index (χ4v) is 3.53. The van der Waals surface area contributed by atoms with Crippen LogP contribution in [-0.2, 0) is 4.79 Å². The van der Waals surface area contributed by atoms with E-state index in [4.69, 9.17) is 4.42 Å². The lowest BCUT2D eigenvalue weighted by atomic mass is 10.0. The average Bonchev–Trinajstić information content (AvgIpc) is 3.18. The highest BCUT2D eigenvalue weighted by molar-refractivity contribution is 6.01. The van der Waals surface area contributed by atoms with E-state index in [0.29, 0.717) is 37.3 Å². The van der Waals surface area contributed by atoms with E-state index in [2.05, 4.69) is 0 Å². The van der Waals surface area contributed by atoms with Crippen LogP contribution in [0.1, 0.15) is 23.4 Å². The van der Waals surface area contributed by atoms with Crippen molar-refractivity contribution in [2.45, 2.75) is 18.9 Å². The summed E-state index contributed by atoms with van der Waals surface area (Å²) >= 11 is 0. The number of piperidine rings is 1. The molecular formula is C18H19N3O4. The van der Waals surface area contributed by atoms with Crippen LogP contribution in [-0.4, -0.2) is 65.3 Å². The molecule has 0 N–H and O–H groups in total. The molecule has 0 bridgehead atoms. The standard InChI is InChI=1S/C18H19N3O4/c1-19-16(22)11-21(18(19)24)13-6-8-20(9-7-13)17(23)15-10-12-4-2-3-5-14(12)25-15/h2-5,10,13H,6-9,11H2,1H3. The van der Waals surface area contributed by atoms with Crippen LogP contribution < -0.4 is 0 Å². The van der Waals surface area contributed by atoms with E-state index < -0.39 is 0 Å². The number of fused-ring (bicyclic) bond motifs is 1. The highest BCUT2D eigenvalue weighted by atomic mass is 16.3. The molecule has 4 amide bonds. The van der Waals surface area contributed by atoms with Gasteiger partial charge in [-0.3, -0.25) is 14.5 Å². The number of likely N-dealkylation sites (tertiary alicyclic amines) is 1. The largest absolute Gasteiger partial charge is 0.451 e. The maximum Gasteiger partial charge on any atom is 0.327 e. The molecule has 0 radical (unpaired) electrons. The van der Waals surface area contributed by atoms with Crippen LogP contribution in [0, 0.1) is 0 Å². The number of para-hydroxylation sites is 1. The van der Waals surface area contributed by atoms with Crippen molar-refractivity contribution in [3.63, 3.8) is 0 Å². The normalized spacial score (nSPS) is 19.3. The van der Waals surface area contributed by atoms with Crippen LogP contribution in [0.4, 0.5) is 4.79 Å². The van der Waals surface area contributed by atoms with E-state index in [1.165, 1.54) is 7.05 Å². The van der Waals surface area contributed by atoms with Crippen molar-refractivity contribution in [3.8, 4) is 0 Å². The Hall–Kier alpha value is -2.83. The van der Waals surface area contributed by atoms with Gasteiger partial charge in [0.1, 0.15) is 12.1 Å². The summed E-state index contributed by atoms with van der Waals surface area (Å²) < 4.78 is 5.65. The Balaban J connectivity index is 1.42. The number of amides is 4. The second kappa shape index (κ2) is 5.91. The fourth-order valence-electron chi connectivity index (χ4n) is 3.53. The molecule has 0 aliphatic carbocycles. The van der Waals surface area contributed by atoms with Gasteiger partial charge in [0.05, 0.1) is 0 Å². The topological polar surface area (TPSA) is 74.1 Å². The van der Waals surface area contributed by atoms with Gasteiger partial charge in [0.2, 0.25) is 5.91 Å². The lowest BCUT2D eigenvalue weighted by Crippen LogP contribution is -2.47. The lowest BCUT2D eigenvalue weighted by Gasteiger charge is -2.35. The van der Waals surface area contributed by atoms with Crippen LogP contribution in [0.3, 0.4) is 0 Å². The molecule has 0 unspecified atom stereocenters. The number of carbonyl (C=O) groups is 3. The summed E-state index contributed by atoms with van der Waals surface area (Å²) in [6.45, 7) is 1.22. The van der Waals surface area contributed by atoms with Gasteiger partial charge in [-0.05, 0) is 25.0 Å². The molecular weight excluding hydrogens is 322 g/mol. The first-order valence-electron chi connectivity index (χ1n) is 8.39. The molecule has 7 nitrogen and oxygen atoms in total. The smallest absolute Gasteiger partial charge is 0.327 e. The molecule has 7 heteroatoms. The summed E-state index contributed by atoms with van der Waals surface area (Å²) in [5, 5.41) is 0.907. The number of hydrogen-bond donors (Lipinski definition) is 0. The number of benzene rings is 1. The van der Waals surface area contributed by atoms with Gasteiger partial charge in [0.15, 0.2) is 5.76 Å². The molecule has 2 fully saturated rings. The van der Waals surface area contributed by atoms with E-state index in [0.717, 1.165) is 10.3 Å². The van der Waals surface area contributed by atoms with Crippen LogP contribution in [0.5, 0.6) is 0 Å². The second-order valence-corrected chi connectivity index (χ2v) is 6.54. The minimum atomic E-state index is -0.243. The van der Waals surface area contributed by atoms with Gasteiger partial charge in [0.25, 0.3) is 5.91 Å². The SMILES string of the molecule is CN1C(=O)CN(C2CCN(C(=O)c3cc4ccccc4o3)CC2)C1=O. The Labute approximate surface area is 144 Å². The summed E-state index contributed by atoms with van der Waals surface area (Å²) in [5.74, 6) is 0.0354. The van der Waals surface area contributed by atoms with Gasteiger partial charge in [-0.2, -0.15) is 0 Å². The molecule has 2 aliphatic heterocycles. The third-order valence-corrected chi connectivity index (χ3v) is 5.04. The van der Waals surface area contributed by atoms with E-state index in [9.17, 15) is 14.4 Å². The van der Waals surface area contributed by atoms with Crippen LogP contribution in [0.15, 0.2) is 34.7 Å². The molecule has 1 aromatic carbocycles. The fraction of sp³-hybridized carbons (Fsp3) is 0.389. The average molecular weight is 341 g/mol. The summed E-state index contributed by atoms with van der Waals surface area (Å²) in [6, 6.07) is 9.05. The van der Waals surface area contributed by atoms with E-state index in [1.54, 1.807) is 15.9 Å². The molecule has 3 heterocycles. The summed E-state index contributed by atoms with van der Waals surface area (Å²) in [5.41, 5.74) is 0.699. The zero-order valence-electron chi connectivity index (χ0n) is 14.0. The molecule has 4 rings (SSSR count). The number of likely N-dealkylation sites (N-methyl/N-ethyl adjacent to an activating group) is 1. The Bertz CT molecular complexity index is 818. The van der Waals surface area contributed by atoms with Gasteiger partial charge >= 0.3 is 6.03 Å². The minimum Gasteiger partial charge on any atom is -0.451 e. The third-order valence-electron chi connectivity index (χ3n) is 5.04. The first-order valence-corrected chi connectivity index (χ1v) is 8.39. The number of urea groups is 1. The zero-order chi connectivity index (χ0) is 17.6. The van der Waals surface area contributed by atoms with Gasteiger partial charge in [-0.25, -0.2) is 4.79 Å². The Morgan fingerprint density at radius 3 is 2.52 bits per heavy atom. The summed E-state index contributed by atoms with van der Waals surface area (Å²) in [6.07, 6.45) is 1.33. The first kappa shape index (κ1) is 15.7. The number of imide groups is 1. The molecule has 1 aromatic heterocycles. The molecule has 2 aromatic rings. The van der Waals surface area contributed by atoms with Gasteiger partial charge in [0, 0.05) is 31.6 Å². The quantitative estimate of drug-likeness (QED) is 0.783. The first-order chi connectivity index (χ1) is 12.0. The minimum absolute atomic E-state index is 0.00104. The number of nitrogens with zero attached hydrogens (tertiary/aromatic N) is 3. The Morgan fingerprint density at radius 1 is 1.16 bits per heavy atom. The highest BCUT2D eigenvalue weighted by Gasteiger charge is 2.39. The number of hydrogen-bond acceptors (Lipinski definition) is 4. The molecule has 130 valence electrons. The van der Waals surface area contributed by atoms with Gasteiger partial charge in [-0.15, -0.1) is 0 Å². The van der Waals surface area contributed by atoms with Crippen molar-refractivity contribution in [3.05, 3.63) is 36.1 Å². The molecule has 0 spiro atoms. The van der Waals surface area contributed by atoms with E-state index in [-0.39, 0.29) is 30.4 Å². The lowest BCUT2D eigenvalue weighted by molar-refractivity contribution is -0.124. The van der Waals surface area contributed by atoms with Crippen molar-refractivity contribution in [1.82, 2.24) is 14.7 Å². The third kappa shape index (κ3) is 2.65. The summed E-state index contributed by atoms with van der Waals surface area (Å²) in [7, 11) is 1.50. The molecule has 0 atom stereocenters. The van der Waals surface area contributed by atoms with E-state index >= 15 is 0 Å². The van der Waals surface area contributed by atoms with Gasteiger partial charge < -0.3 is 14.2 Å². The van der Waals surface area contributed by atoms with Crippen molar-refractivity contribution >= 4 is 28.8 Å². The van der Waals surface area contributed by atoms with E-state index in [1.807, 2.05) is 24.3 Å². The van der Waals surface area contributed by atoms with Crippen molar-refractivity contribution in [2.75, 3.05) is 26.7 Å². The number of carbonyl (C=O) groups excluding carboxylic acids is 3.